The molecule has 1 aromatic heterocycles. The van der Waals surface area contributed by atoms with Crippen LogP contribution in [0.4, 0.5) is 11.5 Å². The molecule has 5 nitrogen and oxygen atoms in total. The number of nitrogens with zero attached hydrogens (tertiary/aromatic N) is 2. The Hall–Kier alpha value is -1.78. The zero-order chi connectivity index (χ0) is 13.1. The van der Waals surface area contributed by atoms with Crippen molar-refractivity contribution in [3.8, 4) is 0 Å². The molecule has 0 unspecified atom stereocenters. The lowest BCUT2D eigenvalue weighted by molar-refractivity contribution is 0.100. The van der Waals surface area contributed by atoms with Crippen molar-refractivity contribution >= 4 is 17.4 Å². The van der Waals surface area contributed by atoms with Crippen molar-refractivity contribution in [2.24, 2.45) is 11.7 Å². The molecular formula is C13H20N4O. The number of primary amides is 1. The molecule has 1 aliphatic heterocycles. The Bertz CT molecular complexity index is 439. The minimum Gasteiger partial charge on any atom is -0.384 e. The fourth-order valence-corrected chi connectivity index (χ4v) is 2.50. The number of nitrogen functional groups attached to an aromatic ring is 1. The van der Waals surface area contributed by atoms with Crippen molar-refractivity contribution in [1.82, 2.24) is 4.98 Å². The summed E-state index contributed by atoms with van der Waals surface area (Å²) in [5.74, 6) is 0.674. The van der Waals surface area contributed by atoms with Crippen LogP contribution in [0.15, 0.2) is 12.3 Å². The number of hydrogen-bond donors (Lipinski definition) is 2. The molecular weight excluding hydrogens is 228 g/mol. The van der Waals surface area contributed by atoms with E-state index in [0.29, 0.717) is 11.4 Å². The van der Waals surface area contributed by atoms with Crippen LogP contribution in [-0.2, 0) is 0 Å². The van der Waals surface area contributed by atoms with E-state index in [2.05, 4.69) is 16.8 Å². The highest BCUT2D eigenvalue weighted by Crippen LogP contribution is 2.27. The van der Waals surface area contributed by atoms with E-state index in [-0.39, 0.29) is 0 Å². The van der Waals surface area contributed by atoms with Gasteiger partial charge in [-0.15, -0.1) is 0 Å². The summed E-state index contributed by atoms with van der Waals surface area (Å²) in [4.78, 5) is 17.7. The minimum absolute atomic E-state index is 0.330. The Morgan fingerprint density at radius 3 is 2.72 bits per heavy atom. The van der Waals surface area contributed by atoms with E-state index in [1.807, 2.05) is 0 Å². The zero-order valence-corrected chi connectivity index (χ0v) is 10.7. The summed E-state index contributed by atoms with van der Waals surface area (Å²) >= 11 is 0. The third-order valence-electron chi connectivity index (χ3n) is 3.70. The molecule has 1 aromatic rings. The van der Waals surface area contributed by atoms with Gasteiger partial charge in [-0.3, -0.25) is 4.79 Å². The van der Waals surface area contributed by atoms with Gasteiger partial charge in [0.1, 0.15) is 5.82 Å². The molecule has 18 heavy (non-hydrogen) atoms. The predicted octanol–water partition coefficient (Wildman–Crippen LogP) is 1.39. The SMILES string of the molecule is CCC1CCN(c2cnc(N)cc2C(N)=O)CC1. The quantitative estimate of drug-likeness (QED) is 0.846. The smallest absolute Gasteiger partial charge is 0.251 e. The van der Waals surface area contributed by atoms with Crippen LogP contribution in [-0.4, -0.2) is 24.0 Å². The lowest BCUT2D eigenvalue weighted by Crippen LogP contribution is -2.35. The van der Waals surface area contributed by atoms with Crippen LogP contribution >= 0.6 is 0 Å². The van der Waals surface area contributed by atoms with Gasteiger partial charge in [0.2, 0.25) is 0 Å². The average Bonchev–Trinajstić information content (AvgIpc) is 2.39. The molecule has 2 rings (SSSR count). The molecule has 2 heterocycles. The second-order valence-electron chi connectivity index (χ2n) is 4.83. The summed E-state index contributed by atoms with van der Waals surface area (Å²) in [6, 6.07) is 1.56. The van der Waals surface area contributed by atoms with Crippen LogP contribution in [0.3, 0.4) is 0 Å². The third-order valence-corrected chi connectivity index (χ3v) is 3.70. The fourth-order valence-electron chi connectivity index (χ4n) is 2.50. The highest BCUT2D eigenvalue weighted by Gasteiger charge is 2.21. The number of pyridine rings is 1. The summed E-state index contributed by atoms with van der Waals surface area (Å²) < 4.78 is 0. The summed E-state index contributed by atoms with van der Waals surface area (Å²) in [6.45, 7) is 4.12. The molecule has 0 bridgehead atoms. The first-order valence-electron chi connectivity index (χ1n) is 6.42. The molecule has 4 N–H and O–H groups in total. The maximum absolute atomic E-state index is 11.4. The number of carbonyl (C=O) groups is 1. The van der Waals surface area contributed by atoms with Crippen molar-refractivity contribution < 1.29 is 4.79 Å². The molecule has 0 aromatic carbocycles. The molecule has 5 heteroatoms. The summed E-state index contributed by atoms with van der Waals surface area (Å²) in [6.07, 6.45) is 5.18. The topological polar surface area (TPSA) is 85.2 Å². The van der Waals surface area contributed by atoms with Gasteiger partial charge >= 0.3 is 0 Å². The monoisotopic (exact) mass is 248 g/mol. The largest absolute Gasteiger partial charge is 0.384 e. The maximum Gasteiger partial charge on any atom is 0.251 e. The molecule has 0 atom stereocenters. The van der Waals surface area contributed by atoms with E-state index in [1.54, 1.807) is 12.3 Å². The standard InChI is InChI=1S/C13H20N4O/c1-2-9-3-5-17(6-4-9)11-8-16-12(14)7-10(11)13(15)18/h7-9H,2-6H2,1H3,(H2,14,16)(H2,15,18). The first-order valence-corrected chi connectivity index (χ1v) is 6.42. The van der Waals surface area contributed by atoms with Crippen molar-refractivity contribution in [2.45, 2.75) is 26.2 Å². The third kappa shape index (κ3) is 2.55. The number of anilines is 2. The summed E-state index contributed by atoms with van der Waals surface area (Å²) in [5.41, 5.74) is 12.3. The van der Waals surface area contributed by atoms with Gasteiger partial charge in [-0.05, 0) is 24.8 Å². The fraction of sp³-hybridized carbons (Fsp3) is 0.538. The van der Waals surface area contributed by atoms with Crippen LogP contribution in [0, 0.1) is 5.92 Å². The second kappa shape index (κ2) is 5.25. The second-order valence-corrected chi connectivity index (χ2v) is 4.83. The lowest BCUT2D eigenvalue weighted by atomic mass is 9.94. The molecule has 1 fully saturated rings. The van der Waals surface area contributed by atoms with Crippen LogP contribution < -0.4 is 16.4 Å². The summed E-state index contributed by atoms with van der Waals surface area (Å²) in [7, 11) is 0. The highest BCUT2D eigenvalue weighted by atomic mass is 16.1. The molecule has 1 amide bonds. The Balaban J connectivity index is 2.21. The van der Waals surface area contributed by atoms with Gasteiger partial charge in [-0.25, -0.2) is 4.98 Å². The maximum atomic E-state index is 11.4. The number of amides is 1. The van der Waals surface area contributed by atoms with E-state index >= 15 is 0 Å². The Kier molecular flexibility index (Phi) is 3.69. The number of nitrogens with two attached hydrogens (primary N) is 2. The van der Waals surface area contributed by atoms with Gasteiger partial charge in [-0.1, -0.05) is 13.3 Å². The number of aromatic nitrogens is 1. The van der Waals surface area contributed by atoms with Crippen molar-refractivity contribution in [3.63, 3.8) is 0 Å². The first kappa shape index (κ1) is 12.7. The number of piperidine rings is 1. The molecule has 0 aliphatic carbocycles. The Labute approximate surface area is 107 Å². The number of hydrogen-bond acceptors (Lipinski definition) is 4. The van der Waals surface area contributed by atoms with Crippen LogP contribution in [0.1, 0.15) is 36.5 Å². The molecule has 1 saturated heterocycles. The van der Waals surface area contributed by atoms with Crippen LogP contribution in [0.2, 0.25) is 0 Å². The minimum atomic E-state index is -0.447. The van der Waals surface area contributed by atoms with E-state index in [0.717, 1.165) is 37.5 Å². The van der Waals surface area contributed by atoms with Gasteiger partial charge in [0.15, 0.2) is 0 Å². The van der Waals surface area contributed by atoms with Gasteiger partial charge in [0.05, 0.1) is 17.4 Å². The van der Waals surface area contributed by atoms with Crippen LogP contribution in [0.5, 0.6) is 0 Å². The predicted molar refractivity (Wildman–Crippen MR) is 72.4 cm³/mol. The molecule has 0 spiro atoms. The van der Waals surface area contributed by atoms with E-state index in [1.165, 1.54) is 6.42 Å². The van der Waals surface area contributed by atoms with E-state index in [4.69, 9.17) is 11.5 Å². The van der Waals surface area contributed by atoms with Gasteiger partial charge in [0.25, 0.3) is 5.91 Å². The molecule has 0 saturated carbocycles. The normalized spacial score (nSPS) is 16.8. The van der Waals surface area contributed by atoms with Gasteiger partial charge in [-0.2, -0.15) is 0 Å². The summed E-state index contributed by atoms with van der Waals surface area (Å²) in [5, 5.41) is 0. The highest BCUT2D eigenvalue weighted by molar-refractivity contribution is 5.99. The zero-order valence-electron chi connectivity index (χ0n) is 10.7. The van der Waals surface area contributed by atoms with Crippen molar-refractivity contribution in [3.05, 3.63) is 17.8 Å². The first-order chi connectivity index (χ1) is 8.61. The number of rotatable bonds is 3. The molecule has 1 aliphatic rings. The number of carbonyl (C=O) groups excluding carboxylic acids is 1. The Morgan fingerprint density at radius 2 is 2.17 bits per heavy atom. The van der Waals surface area contributed by atoms with Crippen LogP contribution in [0.25, 0.3) is 0 Å². The lowest BCUT2D eigenvalue weighted by Gasteiger charge is -2.33. The van der Waals surface area contributed by atoms with E-state index in [9.17, 15) is 4.79 Å². The average molecular weight is 248 g/mol. The van der Waals surface area contributed by atoms with Crippen molar-refractivity contribution in [1.29, 1.82) is 0 Å². The molecule has 0 radical (unpaired) electrons. The van der Waals surface area contributed by atoms with E-state index < -0.39 is 5.91 Å². The molecule has 98 valence electrons. The Morgan fingerprint density at radius 1 is 1.50 bits per heavy atom. The van der Waals surface area contributed by atoms with Gasteiger partial charge < -0.3 is 16.4 Å². The van der Waals surface area contributed by atoms with Crippen molar-refractivity contribution in [2.75, 3.05) is 23.7 Å². The van der Waals surface area contributed by atoms with Gasteiger partial charge in [0, 0.05) is 13.1 Å².